The molecule has 5 heteroatoms. The van der Waals surface area contributed by atoms with E-state index in [2.05, 4.69) is 11.7 Å². The zero-order valence-corrected chi connectivity index (χ0v) is 16.2. The van der Waals surface area contributed by atoms with Gasteiger partial charge in [-0.15, -0.1) is 0 Å². The van der Waals surface area contributed by atoms with Crippen LogP contribution >= 0.6 is 0 Å². The van der Waals surface area contributed by atoms with E-state index in [-0.39, 0.29) is 23.6 Å². The van der Waals surface area contributed by atoms with Crippen LogP contribution < -0.4 is 4.74 Å². The minimum Gasteiger partial charge on any atom is -0.497 e. The Morgan fingerprint density at radius 3 is 2.58 bits per heavy atom. The Balaban J connectivity index is 1.78. The molecule has 1 aromatic rings. The SMILES string of the molecule is COC(=O)/C=C/C(C)=C/[C@]1(C)O[C@@H]1[C@@H](C)COCc1ccc(OC)cc1. The van der Waals surface area contributed by atoms with Crippen LogP contribution in [0.3, 0.4) is 0 Å². The summed E-state index contributed by atoms with van der Waals surface area (Å²) < 4.78 is 21.5. The Morgan fingerprint density at radius 1 is 1.27 bits per heavy atom. The van der Waals surface area contributed by atoms with Gasteiger partial charge in [0, 0.05) is 12.0 Å². The fourth-order valence-electron chi connectivity index (χ4n) is 2.98. The first kappa shape index (κ1) is 20.2. The molecule has 0 aliphatic carbocycles. The van der Waals surface area contributed by atoms with Gasteiger partial charge in [-0.1, -0.05) is 30.7 Å². The molecular formula is C21H28O5. The second kappa shape index (κ2) is 9.01. The van der Waals surface area contributed by atoms with E-state index >= 15 is 0 Å². The normalized spacial score (nSPS) is 23.7. The Hall–Kier alpha value is -2.11. The molecule has 1 aliphatic rings. The van der Waals surface area contributed by atoms with Crippen LogP contribution in [0.4, 0.5) is 0 Å². The first-order valence-corrected chi connectivity index (χ1v) is 8.72. The number of hydrogen-bond donors (Lipinski definition) is 0. The van der Waals surface area contributed by atoms with Crippen molar-refractivity contribution in [3.05, 3.63) is 53.6 Å². The summed E-state index contributed by atoms with van der Waals surface area (Å²) in [5.74, 6) is 0.746. The van der Waals surface area contributed by atoms with Crippen LogP contribution in [-0.4, -0.2) is 38.5 Å². The van der Waals surface area contributed by atoms with Gasteiger partial charge in [-0.05, 0) is 37.6 Å². The summed E-state index contributed by atoms with van der Waals surface area (Å²) in [4.78, 5) is 11.2. The predicted octanol–water partition coefficient (Wildman–Crippen LogP) is 3.68. The molecule has 0 spiro atoms. The Morgan fingerprint density at radius 2 is 1.96 bits per heavy atom. The summed E-state index contributed by atoms with van der Waals surface area (Å²) in [6.07, 6.45) is 5.30. The zero-order chi connectivity index (χ0) is 19.2. The third kappa shape index (κ3) is 5.71. The van der Waals surface area contributed by atoms with Gasteiger partial charge in [-0.25, -0.2) is 4.79 Å². The summed E-state index contributed by atoms with van der Waals surface area (Å²) in [5.41, 5.74) is 1.76. The summed E-state index contributed by atoms with van der Waals surface area (Å²) in [6.45, 7) is 7.30. The van der Waals surface area contributed by atoms with Gasteiger partial charge in [0.05, 0.1) is 33.5 Å². The van der Waals surface area contributed by atoms with Crippen molar-refractivity contribution in [2.45, 2.75) is 39.1 Å². The molecule has 1 aliphatic heterocycles. The van der Waals surface area contributed by atoms with Gasteiger partial charge in [0.1, 0.15) is 11.4 Å². The maximum Gasteiger partial charge on any atom is 0.330 e. The van der Waals surface area contributed by atoms with E-state index in [4.69, 9.17) is 14.2 Å². The van der Waals surface area contributed by atoms with E-state index in [9.17, 15) is 4.79 Å². The van der Waals surface area contributed by atoms with Crippen molar-refractivity contribution in [1.29, 1.82) is 0 Å². The van der Waals surface area contributed by atoms with E-state index in [1.54, 1.807) is 13.2 Å². The maximum atomic E-state index is 11.2. The number of carbonyl (C=O) groups is 1. The van der Waals surface area contributed by atoms with Gasteiger partial charge >= 0.3 is 5.97 Å². The zero-order valence-electron chi connectivity index (χ0n) is 16.2. The molecule has 1 fully saturated rings. The largest absolute Gasteiger partial charge is 0.497 e. The lowest BCUT2D eigenvalue weighted by molar-refractivity contribution is -0.134. The van der Waals surface area contributed by atoms with Crippen LogP contribution in [-0.2, 0) is 25.6 Å². The Kier molecular flexibility index (Phi) is 7.00. The quantitative estimate of drug-likeness (QED) is 0.291. The topological polar surface area (TPSA) is 57.3 Å². The van der Waals surface area contributed by atoms with E-state index in [0.717, 1.165) is 16.9 Å². The number of carbonyl (C=O) groups excluding carboxylic acids is 1. The van der Waals surface area contributed by atoms with Crippen molar-refractivity contribution < 1.29 is 23.7 Å². The first-order chi connectivity index (χ1) is 12.4. The average Bonchev–Trinajstić information content (AvgIpc) is 3.31. The monoisotopic (exact) mass is 360 g/mol. The number of benzene rings is 1. The molecule has 0 amide bonds. The Labute approximate surface area is 155 Å². The van der Waals surface area contributed by atoms with E-state index in [1.165, 1.54) is 13.2 Å². The molecule has 2 rings (SSSR count). The minimum atomic E-state index is -0.364. The third-order valence-corrected chi connectivity index (χ3v) is 4.41. The van der Waals surface area contributed by atoms with Gasteiger partial charge in [0.15, 0.2) is 0 Å². The summed E-state index contributed by atoms with van der Waals surface area (Å²) >= 11 is 0. The van der Waals surface area contributed by atoms with Gasteiger partial charge in [0.2, 0.25) is 0 Å². The lowest BCUT2D eigenvalue weighted by atomic mass is 9.96. The number of rotatable bonds is 9. The van der Waals surface area contributed by atoms with Crippen LogP contribution in [0.5, 0.6) is 5.75 Å². The lowest BCUT2D eigenvalue weighted by Gasteiger charge is -2.11. The highest BCUT2D eigenvalue weighted by molar-refractivity contribution is 5.82. The van der Waals surface area contributed by atoms with Crippen molar-refractivity contribution in [2.24, 2.45) is 5.92 Å². The van der Waals surface area contributed by atoms with Crippen molar-refractivity contribution in [3.63, 3.8) is 0 Å². The van der Waals surface area contributed by atoms with Crippen molar-refractivity contribution >= 4 is 5.97 Å². The van der Waals surface area contributed by atoms with Crippen LogP contribution in [0.25, 0.3) is 0 Å². The van der Waals surface area contributed by atoms with Gasteiger partial charge in [-0.3, -0.25) is 0 Å². The molecule has 0 saturated carbocycles. The smallest absolute Gasteiger partial charge is 0.330 e. The van der Waals surface area contributed by atoms with Crippen LogP contribution in [0.1, 0.15) is 26.3 Å². The van der Waals surface area contributed by atoms with Crippen molar-refractivity contribution in [2.75, 3.05) is 20.8 Å². The van der Waals surface area contributed by atoms with E-state index in [0.29, 0.717) is 13.2 Å². The number of ether oxygens (including phenoxy) is 4. The number of methoxy groups -OCH3 is 2. The Bertz CT molecular complexity index is 661. The molecule has 1 heterocycles. The average molecular weight is 360 g/mol. The number of epoxide rings is 1. The first-order valence-electron chi connectivity index (χ1n) is 8.72. The van der Waals surface area contributed by atoms with Crippen molar-refractivity contribution in [3.8, 4) is 5.75 Å². The third-order valence-electron chi connectivity index (χ3n) is 4.41. The van der Waals surface area contributed by atoms with Gasteiger partial charge in [-0.2, -0.15) is 0 Å². The second-order valence-electron chi connectivity index (χ2n) is 6.81. The molecular weight excluding hydrogens is 332 g/mol. The number of hydrogen-bond acceptors (Lipinski definition) is 5. The molecule has 3 atom stereocenters. The molecule has 0 unspecified atom stereocenters. The molecule has 1 aromatic carbocycles. The van der Waals surface area contributed by atoms with E-state index < -0.39 is 0 Å². The molecule has 0 N–H and O–H groups in total. The highest BCUT2D eigenvalue weighted by Gasteiger charge is 2.53. The van der Waals surface area contributed by atoms with Crippen LogP contribution in [0.2, 0.25) is 0 Å². The highest BCUT2D eigenvalue weighted by Crippen LogP contribution is 2.43. The second-order valence-corrected chi connectivity index (χ2v) is 6.81. The maximum absolute atomic E-state index is 11.2. The standard InChI is InChI=1S/C21H28O5/c1-15(6-11-19(22)24-5)12-21(3)20(26-21)16(2)13-25-14-17-7-9-18(23-4)10-8-17/h6-12,16,20H,13-14H2,1-5H3/b11-6+,15-12+/t16-,20+,21-/m0/s1. The number of allylic oxidation sites excluding steroid dienone is 2. The molecule has 142 valence electrons. The molecule has 0 aromatic heterocycles. The number of esters is 1. The highest BCUT2D eigenvalue weighted by atomic mass is 16.6. The summed E-state index contributed by atoms with van der Waals surface area (Å²) in [7, 11) is 3.02. The van der Waals surface area contributed by atoms with Gasteiger partial charge in [0.25, 0.3) is 0 Å². The van der Waals surface area contributed by atoms with Crippen molar-refractivity contribution in [1.82, 2.24) is 0 Å². The van der Waals surface area contributed by atoms with E-state index in [1.807, 2.05) is 44.2 Å². The lowest BCUT2D eigenvalue weighted by Crippen LogP contribution is -2.18. The molecule has 0 bridgehead atoms. The molecule has 0 radical (unpaired) electrons. The molecule has 1 saturated heterocycles. The predicted molar refractivity (Wildman–Crippen MR) is 100 cm³/mol. The van der Waals surface area contributed by atoms with Crippen LogP contribution in [0.15, 0.2) is 48.1 Å². The van der Waals surface area contributed by atoms with Crippen LogP contribution in [0, 0.1) is 5.92 Å². The minimum absolute atomic E-state index is 0.111. The fourth-order valence-corrected chi connectivity index (χ4v) is 2.98. The molecule has 5 nitrogen and oxygen atoms in total. The van der Waals surface area contributed by atoms with Gasteiger partial charge < -0.3 is 18.9 Å². The molecule has 26 heavy (non-hydrogen) atoms. The summed E-state index contributed by atoms with van der Waals surface area (Å²) in [6, 6.07) is 7.86. The fraction of sp³-hybridized carbons (Fsp3) is 0.476. The summed E-state index contributed by atoms with van der Waals surface area (Å²) in [5, 5.41) is 0.